The Morgan fingerprint density at radius 1 is 1.27 bits per heavy atom. The third kappa shape index (κ3) is 3.81. The highest BCUT2D eigenvalue weighted by Crippen LogP contribution is 2.21. The molecule has 0 saturated carbocycles. The van der Waals surface area contributed by atoms with Crippen molar-refractivity contribution in [3.63, 3.8) is 0 Å². The third-order valence-corrected chi connectivity index (χ3v) is 4.04. The van der Waals surface area contributed by atoms with Gasteiger partial charge in [-0.05, 0) is 18.6 Å². The molecule has 4 N–H and O–H groups in total. The molecule has 1 aromatic carbocycles. The van der Waals surface area contributed by atoms with Gasteiger partial charge in [0.15, 0.2) is 0 Å². The molecule has 136 valence electrons. The van der Waals surface area contributed by atoms with Gasteiger partial charge in [-0.15, -0.1) is 0 Å². The maximum absolute atomic E-state index is 12.3. The van der Waals surface area contributed by atoms with Crippen LogP contribution < -0.4 is 10.6 Å². The molecule has 0 aliphatic rings. The van der Waals surface area contributed by atoms with Crippen LogP contribution >= 0.6 is 0 Å². The second kappa shape index (κ2) is 7.94. The van der Waals surface area contributed by atoms with E-state index < -0.39 is 0 Å². The number of urea groups is 1. The molecule has 8 nitrogen and oxygen atoms in total. The lowest BCUT2D eigenvalue weighted by atomic mass is 10.1. The van der Waals surface area contributed by atoms with Gasteiger partial charge >= 0.3 is 6.03 Å². The summed E-state index contributed by atoms with van der Waals surface area (Å²) in [7, 11) is 0. The number of hydrogen-bond acceptors (Lipinski definition) is 5. The lowest BCUT2D eigenvalue weighted by molar-refractivity contribution is 0.249. The molecular weight excluding hydrogens is 334 g/mol. The molecule has 0 fully saturated rings. The van der Waals surface area contributed by atoms with Gasteiger partial charge < -0.3 is 15.5 Å². The Labute approximate surface area is 150 Å². The predicted molar refractivity (Wildman–Crippen MR) is 97.5 cm³/mol. The number of hydrogen-bond donors (Lipinski definition) is 4. The maximum atomic E-state index is 12.3. The Bertz CT molecular complexity index is 894. The van der Waals surface area contributed by atoms with Crippen LogP contribution in [0.4, 0.5) is 10.6 Å². The first-order valence-electron chi connectivity index (χ1n) is 8.32. The van der Waals surface area contributed by atoms with Gasteiger partial charge in [0.25, 0.3) is 0 Å². The van der Waals surface area contributed by atoms with Crippen molar-refractivity contribution in [1.29, 1.82) is 0 Å². The molecule has 0 radical (unpaired) electrons. The van der Waals surface area contributed by atoms with Gasteiger partial charge in [-0.2, -0.15) is 5.10 Å². The van der Waals surface area contributed by atoms with E-state index >= 15 is 0 Å². The summed E-state index contributed by atoms with van der Waals surface area (Å²) in [6.07, 6.45) is 1.61. The molecule has 1 unspecified atom stereocenters. The molecule has 26 heavy (non-hydrogen) atoms. The minimum atomic E-state index is -0.389. The second-order valence-electron chi connectivity index (χ2n) is 5.87. The van der Waals surface area contributed by atoms with Gasteiger partial charge in [0.2, 0.25) is 0 Å². The van der Waals surface area contributed by atoms with Crippen LogP contribution in [0.3, 0.4) is 0 Å². The summed E-state index contributed by atoms with van der Waals surface area (Å²) in [5.41, 5.74) is 2.03. The highest BCUT2D eigenvalue weighted by molar-refractivity contribution is 5.92. The number of carbonyl (C=O) groups excluding carboxylic acids is 1. The number of aliphatic hydroxyl groups excluding tert-OH is 2. The molecule has 3 rings (SSSR count). The van der Waals surface area contributed by atoms with Crippen molar-refractivity contribution in [1.82, 2.24) is 20.1 Å². The Balaban J connectivity index is 1.77. The van der Waals surface area contributed by atoms with Gasteiger partial charge in [0.05, 0.1) is 43.2 Å². The van der Waals surface area contributed by atoms with Crippen LogP contribution in [-0.2, 0) is 13.2 Å². The number of nitrogens with one attached hydrogen (secondary N) is 2. The number of pyridine rings is 1. The van der Waals surface area contributed by atoms with Crippen LogP contribution in [0.25, 0.3) is 10.9 Å². The molecule has 3 aromatic rings. The summed E-state index contributed by atoms with van der Waals surface area (Å²) in [6, 6.07) is 10.8. The van der Waals surface area contributed by atoms with E-state index in [2.05, 4.69) is 20.7 Å². The van der Waals surface area contributed by atoms with Gasteiger partial charge in [0.1, 0.15) is 5.82 Å². The number of aliphatic hydroxyl groups is 2. The topological polar surface area (TPSA) is 112 Å². The lowest BCUT2D eigenvalue weighted by Gasteiger charge is -2.15. The minimum Gasteiger partial charge on any atom is -0.394 e. The molecule has 2 amide bonds. The molecule has 2 heterocycles. The fourth-order valence-electron chi connectivity index (χ4n) is 2.81. The molecule has 8 heteroatoms. The summed E-state index contributed by atoms with van der Waals surface area (Å²) in [5.74, 6) is 0.322. The van der Waals surface area contributed by atoms with Gasteiger partial charge in [-0.1, -0.05) is 30.3 Å². The van der Waals surface area contributed by atoms with Crippen molar-refractivity contribution >= 4 is 22.8 Å². The monoisotopic (exact) mass is 355 g/mol. The smallest absolute Gasteiger partial charge is 0.320 e. The van der Waals surface area contributed by atoms with Crippen molar-refractivity contribution in [2.45, 2.75) is 26.1 Å². The Kier molecular flexibility index (Phi) is 5.45. The van der Waals surface area contributed by atoms with Crippen LogP contribution in [0, 0.1) is 0 Å². The highest BCUT2D eigenvalue weighted by atomic mass is 16.3. The van der Waals surface area contributed by atoms with Crippen molar-refractivity contribution in [3.05, 3.63) is 53.9 Å². The van der Waals surface area contributed by atoms with E-state index in [1.807, 2.05) is 37.3 Å². The number of carbonyl (C=O) groups is 1. The van der Waals surface area contributed by atoms with E-state index in [0.717, 1.165) is 10.9 Å². The van der Waals surface area contributed by atoms with Crippen LogP contribution in [-0.4, -0.2) is 37.6 Å². The minimum absolute atomic E-state index is 0.0680. The first kappa shape index (κ1) is 17.8. The number of amides is 2. The summed E-state index contributed by atoms with van der Waals surface area (Å²) in [4.78, 5) is 16.6. The first-order valence-corrected chi connectivity index (χ1v) is 8.32. The first-order chi connectivity index (χ1) is 12.6. The maximum Gasteiger partial charge on any atom is 0.320 e. The highest BCUT2D eigenvalue weighted by Gasteiger charge is 2.14. The standard InChI is InChI=1S/C18H21N5O3/c1-12(13-5-3-2-4-6-13)20-18(26)22-16-9-14-10-19-23(7-8-24)17(14)15(11-25)21-16/h2-6,9-10,12,24-25H,7-8,11H2,1H3,(H2,20,21,22,26). The number of fused-ring (bicyclic) bond motifs is 1. The molecule has 2 aromatic heterocycles. The summed E-state index contributed by atoms with van der Waals surface area (Å²) in [5, 5.41) is 29.2. The average molecular weight is 355 g/mol. The van der Waals surface area contributed by atoms with Gasteiger partial charge in [-0.3, -0.25) is 10.00 Å². The van der Waals surface area contributed by atoms with Crippen LogP contribution in [0.5, 0.6) is 0 Å². The largest absolute Gasteiger partial charge is 0.394 e. The predicted octanol–water partition coefficient (Wildman–Crippen LogP) is 1.80. The number of benzene rings is 1. The lowest BCUT2D eigenvalue weighted by Crippen LogP contribution is -2.31. The van der Waals surface area contributed by atoms with E-state index in [4.69, 9.17) is 5.11 Å². The molecule has 0 spiro atoms. The quantitative estimate of drug-likeness (QED) is 0.539. The van der Waals surface area contributed by atoms with E-state index in [-0.39, 0.29) is 25.3 Å². The second-order valence-corrected chi connectivity index (χ2v) is 5.87. The Morgan fingerprint density at radius 2 is 2.04 bits per heavy atom. The fraction of sp³-hybridized carbons (Fsp3) is 0.278. The zero-order valence-electron chi connectivity index (χ0n) is 14.4. The summed E-state index contributed by atoms with van der Waals surface area (Å²) in [6.45, 7) is 1.83. The van der Waals surface area contributed by atoms with Crippen LogP contribution in [0.2, 0.25) is 0 Å². The number of anilines is 1. The van der Waals surface area contributed by atoms with Crippen LogP contribution in [0.15, 0.2) is 42.6 Å². The molecule has 0 bridgehead atoms. The van der Waals surface area contributed by atoms with E-state index in [1.165, 1.54) is 0 Å². The molecular formula is C18H21N5O3. The SMILES string of the molecule is CC(NC(=O)Nc1cc2cnn(CCO)c2c(CO)n1)c1ccccc1. The average Bonchev–Trinajstić information content (AvgIpc) is 3.05. The van der Waals surface area contributed by atoms with Crippen molar-refractivity contribution in [3.8, 4) is 0 Å². The van der Waals surface area contributed by atoms with Crippen molar-refractivity contribution < 1.29 is 15.0 Å². The number of aromatic nitrogens is 3. The normalized spacial score (nSPS) is 12.1. The zero-order valence-corrected chi connectivity index (χ0v) is 14.4. The Hall–Kier alpha value is -2.97. The number of rotatable bonds is 6. The van der Waals surface area contributed by atoms with Gasteiger partial charge in [0, 0.05) is 5.39 Å². The van der Waals surface area contributed by atoms with Crippen molar-refractivity contribution in [2.24, 2.45) is 0 Å². The third-order valence-electron chi connectivity index (χ3n) is 4.04. The summed E-state index contributed by atoms with van der Waals surface area (Å²) >= 11 is 0. The zero-order chi connectivity index (χ0) is 18.5. The van der Waals surface area contributed by atoms with E-state index in [1.54, 1.807) is 16.9 Å². The molecule has 0 aliphatic carbocycles. The molecule has 0 saturated heterocycles. The number of nitrogens with zero attached hydrogens (tertiary/aromatic N) is 3. The van der Waals surface area contributed by atoms with Crippen LogP contribution in [0.1, 0.15) is 24.2 Å². The van der Waals surface area contributed by atoms with Gasteiger partial charge in [-0.25, -0.2) is 9.78 Å². The molecule has 0 aliphatic heterocycles. The van der Waals surface area contributed by atoms with Crippen molar-refractivity contribution in [2.75, 3.05) is 11.9 Å². The Morgan fingerprint density at radius 3 is 2.73 bits per heavy atom. The summed E-state index contributed by atoms with van der Waals surface area (Å²) < 4.78 is 1.58. The van der Waals surface area contributed by atoms with E-state index in [0.29, 0.717) is 23.6 Å². The molecule has 1 atom stereocenters. The van der Waals surface area contributed by atoms with E-state index in [9.17, 15) is 9.90 Å². The fourth-order valence-corrected chi connectivity index (χ4v) is 2.81.